The van der Waals surface area contributed by atoms with Crippen LogP contribution in [0, 0.1) is 0 Å². The second kappa shape index (κ2) is 4.89. The number of hydrogen-bond acceptors (Lipinski definition) is 4. The molecule has 0 aromatic carbocycles. The minimum atomic E-state index is 0.0712. The summed E-state index contributed by atoms with van der Waals surface area (Å²) in [4.78, 5) is 4.28. The average Bonchev–Trinajstić information content (AvgIpc) is 2.85. The molecule has 2 heterocycles. The molecule has 0 radical (unpaired) electrons. The first-order valence-electron chi connectivity index (χ1n) is 6.04. The van der Waals surface area contributed by atoms with Crippen molar-refractivity contribution < 1.29 is 0 Å². The third-order valence-corrected chi connectivity index (χ3v) is 2.55. The normalized spacial score (nSPS) is 12.0. The van der Waals surface area contributed by atoms with Gasteiger partial charge in [0, 0.05) is 18.8 Å². The van der Waals surface area contributed by atoms with E-state index in [2.05, 4.69) is 41.3 Å². The number of nitrogens with one attached hydrogen (secondary N) is 1. The van der Waals surface area contributed by atoms with Gasteiger partial charge in [-0.05, 0) is 26.8 Å². The van der Waals surface area contributed by atoms with Gasteiger partial charge in [-0.3, -0.25) is 4.68 Å². The van der Waals surface area contributed by atoms with Gasteiger partial charge < -0.3 is 5.32 Å². The van der Waals surface area contributed by atoms with Crippen molar-refractivity contribution in [2.45, 2.75) is 39.4 Å². The standard InChI is InChI=1S/C12H20N6/c1-12(2,3)14-7-11-13-9-15-18(11)8-10-5-6-17(4)16-10/h5-6,9,14H,7-8H2,1-4H3. The Bertz CT molecular complexity index is 505. The fourth-order valence-corrected chi connectivity index (χ4v) is 1.60. The van der Waals surface area contributed by atoms with E-state index in [1.807, 2.05) is 24.0 Å². The van der Waals surface area contributed by atoms with E-state index < -0.39 is 0 Å². The summed E-state index contributed by atoms with van der Waals surface area (Å²) in [6.07, 6.45) is 3.52. The highest BCUT2D eigenvalue weighted by molar-refractivity contribution is 5.00. The fraction of sp³-hybridized carbons (Fsp3) is 0.583. The summed E-state index contributed by atoms with van der Waals surface area (Å²) in [6.45, 7) is 7.75. The van der Waals surface area contributed by atoms with Crippen LogP contribution in [0.2, 0.25) is 0 Å². The quantitative estimate of drug-likeness (QED) is 0.875. The molecule has 18 heavy (non-hydrogen) atoms. The number of rotatable bonds is 4. The number of aromatic nitrogens is 5. The molecule has 2 aromatic rings. The van der Waals surface area contributed by atoms with E-state index in [0.29, 0.717) is 13.1 Å². The molecule has 6 heteroatoms. The summed E-state index contributed by atoms with van der Waals surface area (Å²) < 4.78 is 3.67. The van der Waals surface area contributed by atoms with Crippen LogP contribution in [0.25, 0.3) is 0 Å². The van der Waals surface area contributed by atoms with Crippen molar-refractivity contribution in [1.29, 1.82) is 0 Å². The Kier molecular flexibility index (Phi) is 3.47. The number of hydrogen-bond donors (Lipinski definition) is 1. The smallest absolute Gasteiger partial charge is 0.141 e. The minimum absolute atomic E-state index is 0.0712. The molecule has 0 atom stereocenters. The molecule has 0 aliphatic rings. The maximum atomic E-state index is 4.34. The highest BCUT2D eigenvalue weighted by Gasteiger charge is 2.12. The SMILES string of the molecule is Cn1ccc(Cn2ncnc2CNC(C)(C)C)n1. The second-order valence-electron chi connectivity index (χ2n) is 5.42. The zero-order valence-corrected chi connectivity index (χ0v) is 11.4. The van der Waals surface area contributed by atoms with Crippen LogP contribution < -0.4 is 5.32 Å². The Balaban J connectivity index is 2.03. The molecule has 98 valence electrons. The summed E-state index contributed by atoms with van der Waals surface area (Å²) >= 11 is 0. The van der Waals surface area contributed by atoms with Gasteiger partial charge in [0.2, 0.25) is 0 Å². The molecular formula is C12H20N6. The zero-order valence-electron chi connectivity index (χ0n) is 11.4. The Morgan fingerprint density at radius 3 is 2.72 bits per heavy atom. The average molecular weight is 248 g/mol. The van der Waals surface area contributed by atoms with Crippen molar-refractivity contribution in [2.75, 3.05) is 0 Å². The van der Waals surface area contributed by atoms with Crippen LogP contribution in [0.3, 0.4) is 0 Å². The Labute approximate surface area is 107 Å². The van der Waals surface area contributed by atoms with Crippen molar-refractivity contribution in [1.82, 2.24) is 29.9 Å². The van der Waals surface area contributed by atoms with E-state index in [1.54, 1.807) is 11.0 Å². The van der Waals surface area contributed by atoms with Crippen molar-refractivity contribution in [3.63, 3.8) is 0 Å². The lowest BCUT2D eigenvalue weighted by Crippen LogP contribution is -2.36. The van der Waals surface area contributed by atoms with Crippen LogP contribution in [0.4, 0.5) is 0 Å². The third-order valence-electron chi connectivity index (χ3n) is 2.55. The molecule has 0 unspecified atom stereocenters. The van der Waals surface area contributed by atoms with Crippen LogP contribution in [-0.2, 0) is 20.1 Å². The molecule has 1 N–H and O–H groups in total. The maximum Gasteiger partial charge on any atom is 0.141 e. The van der Waals surface area contributed by atoms with Crippen LogP contribution >= 0.6 is 0 Å². The van der Waals surface area contributed by atoms with Gasteiger partial charge in [-0.2, -0.15) is 10.2 Å². The zero-order chi connectivity index (χ0) is 13.2. The van der Waals surface area contributed by atoms with Crippen LogP contribution in [0.5, 0.6) is 0 Å². The molecule has 0 aliphatic heterocycles. The predicted molar refractivity (Wildman–Crippen MR) is 68.9 cm³/mol. The van der Waals surface area contributed by atoms with E-state index in [4.69, 9.17) is 0 Å². The molecule has 0 fully saturated rings. The lowest BCUT2D eigenvalue weighted by atomic mass is 10.1. The number of nitrogens with zero attached hydrogens (tertiary/aromatic N) is 5. The summed E-state index contributed by atoms with van der Waals surface area (Å²) in [5.41, 5.74) is 1.06. The summed E-state index contributed by atoms with van der Waals surface area (Å²) in [5, 5.41) is 12.0. The third kappa shape index (κ3) is 3.40. The largest absolute Gasteiger partial charge is 0.305 e. The van der Waals surface area contributed by atoms with E-state index in [0.717, 1.165) is 11.5 Å². The lowest BCUT2D eigenvalue weighted by Gasteiger charge is -2.20. The minimum Gasteiger partial charge on any atom is -0.305 e. The van der Waals surface area contributed by atoms with Crippen LogP contribution in [0.15, 0.2) is 18.6 Å². The topological polar surface area (TPSA) is 60.6 Å². The van der Waals surface area contributed by atoms with Gasteiger partial charge in [-0.15, -0.1) is 0 Å². The predicted octanol–water partition coefficient (Wildman–Crippen LogP) is 0.948. The monoisotopic (exact) mass is 248 g/mol. The second-order valence-corrected chi connectivity index (χ2v) is 5.42. The molecular weight excluding hydrogens is 228 g/mol. The summed E-state index contributed by atoms with van der Waals surface area (Å²) in [5.74, 6) is 0.926. The van der Waals surface area contributed by atoms with Crippen molar-refractivity contribution in [3.8, 4) is 0 Å². The van der Waals surface area contributed by atoms with Crippen LogP contribution in [-0.4, -0.2) is 30.1 Å². The van der Waals surface area contributed by atoms with E-state index in [9.17, 15) is 0 Å². The van der Waals surface area contributed by atoms with Gasteiger partial charge in [-0.25, -0.2) is 9.67 Å². The Hall–Kier alpha value is -1.69. The molecule has 2 aromatic heterocycles. The summed E-state index contributed by atoms with van der Waals surface area (Å²) in [7, 11) is 1.91. The lowest BCUT2D eigenvalue weighted by molar-refractivity contribution is 0.410. The van der Waals surface area contributed by atoms with Gasteiger partial charge in [0.25, 0.3) is 0 Å². The van der Waals surface area contributed by atoms with E-state index in [1.165, 1.54) is 0 Å². The van der Waals surface area contributed by atoms with Gasteiger partial charge >= 0.3 is 0 Å². The molecule has 0 amide bonds. The van der Waals surface area contributed by atoms with Crippen molar-refractivity contribution in [2.24, 2.45) is 7.05 Å². The van der Waals surface area contributed by atoms with Gasteiger partial charge in [-0.1, -0.05) is 0 Å². The molecule has 2 rings (SSSR count). The molecule has 0 spiro atoms. The highest BCUT2D eigenvalue weighted by Crippen LogP contribution is 2.04. The summed E-state index contributed by atoms with van der Waals surface area (Å²) in [6, 6.07) is 1.99. The van der Waals surface area contributed by atoms with Gasteiger partial charge in [0.15, 0.2) is 0 Å². The van der Waals surface area contributed by atoms with Crippen molar-refractivity contribution in [3.05, 3.63) is 30.1 Å². The Morgan fingerprint density at radius 1 is 1.33 bits per heavy atom. The fourth-order valence-electron chi connectivity index (χ4n) is 1.60. The number of aryl methyl sites for hydroxylation is 1. The molecule has 0 bridgehead atoms. The van der Waals surface area contributed by atoms with E-state index >= 15 is 0 Å². The first-order valence-corrected chi connectivity index (χ1v) is 6.04. The Morgan fingerprint density at radius 2 is 2.11 bits per heavy atom. The molecule has 0 aliphatic carbocycles. The molecule has 0 saturated heterocycles. The first-order chi connectivity index (χ1) is 8.44. The maximum absolute atomic E-state index is 4.34. The van der Waals surface area contributed by atoms with Gasteiger partial charge in [0.1, 0.15) is 12.2 Å². The first kappa shape index (κ1) is 12.8. The van der Waals surface area contributed by atoms with Crippen molar-refractivity contribution >= 4 is 0 Å². The molecule has 0 saturated carbocycles. The highest BCUT2D eigenvalue weighted by atomic mass is 15.4. The molecule has 6 nitrogen and oxygen atoms in total. The van der Waals surface area contributed by atoms with Gasteiger partial charge in [0.05, 0.1) is 18.8 Å². The van der Waals surface area contributed by atoms with Crippen LogP contribution in [0.1, 0.15) is 32.3 Å². The van der Waals surface area contributed by atoms with E-state index in [-0.39, 0.29) is 5.54 Å².